The Labute approximate surface area is 163 Å². The van der Waals surface area contributed by atoms with Crippen LogP contribution in [0.4, 0.5) is 15.8 Å². The van der Waals surface area contributed by atoms with Crippen molar-refractivity contribution in [3.8, 4) is 0 Å². The molecule has 2 N–H and O–H groups in total. The molecule has 9 heteroatoms. The molecule has 0 aliphatic carbocycles. The molecule has 0 radical (unpaired) electrons. The van der Waals surface area contributed by atoms with Gasteiger partial charge in [-0.3, -0.25) is 9.62 Å². The van der Waals surface area contributed by atoms with Crippen molar-refractivity contribution in [2.45, 2.75) is 6.54 Å². The zero-order chi connectivity index (χ0) is 20.3. The van der Waals surface area contributed by atoms with Crippen molar-refractivity contribution in [3.05, 3.63) is 59.4 Å². The van der Waals surface area contributed by atoms with Gasteiger partial charge in [-0.2, -0.15) is 0 Å². The third-order valence-electron chi connectivity index (χ3n) is 4.55. The molecule has 2 aromatic rings. The Kier molecular flexibility index (Phi) is 5.85. The lowest BCUT2D eigenvalue weighted by Crippen LogP contribution is -2.46. The second-order valence-electron chi connectivity index (χ2n) is 6.80. The van der Waals surface area contributed by atoms with Crippen molar-refractivity contribution >= 4 is 27.4 Å². The third-order valence-corrected chi connectivity index (χ3v) is 5.14. The number of halogens is 1. The van der Waals surface area contributed by atoms with Crippen LogP contribution in [0, 0.1) is 5.82 Å². The highest BCUT2D eigenvalue weighted by Gasteiger charge is 2.21. The van der Waals surface area contributed by atoms with Crippen molar-refractivity contribution in [1.82, 2.24) is 4.90 Å². The van der Waals surface area contributed by atoms with Gasteiger partial charge in [-0.05, 0) is 35.9 Å². The summed E-state index contributed by atoms with van der Waals surface area (Å²) in [5.41, 5.74) is 1.81. The van der Waals surface area contributed by atoms with E-state index in [0.717, 1.165) is 24.9 Å². The van der Waals surface area contributed by atoms with E-state index in [2.05, 4.69) is 9.62 Å². The van der Waals surface area contributed by atoms with Crippen LogP contribution in [-0.4, -0.2) is 56.8 Å². The summed E-state index contributed by atoms with van der Waals surface area (Å²) in [6, 6.07) is 10.9. The van der Waals surface area contributed by atoms with Gasteiger partial charge in [0.15, 0.2) is 0 Å². The SMILES string of the molecule is CS(=O)(=O)Nc1cc(C(=O)O)ccc1N1CCN(Cc2cccc(F)c2)CC1. The Morgan fingerprint density at radius 2 is 1.86 bits per heavy atom. The van der Waals surface area contributed by atoms with E-state index in [1.165, 1.54) is 24.3 Å². The summed E-state index contributed by atoms with van der Waals surface area (Å²) < 4.78 is 39.1. The number of aromatic carboxylic acids is 1. The molecule has 1 aliphatic heterocycles. The number of nitrogens with one attached hydrogen (secondary N) is 1. The van der Waals surface area contributed by atoms with Crippen LogP contribution in [0.25, 0.3) is 0 Å². The first-order valence-electron chi connectivity index (χ1n) is 8.78. The van der Waals surface area contributed by atoms with Gasteiger partial charge in [-0.1, -0.05) is 12.1 Å². The maximum absolute atomic E-state index is 13.3. The minimum absolute atomic E-state index is 0.0136. The summed E-state index contributed by atoms with van der Waals surface area (Å²) in [6.45, 7) is 3.35. The summed E-state index contributed by atoms with van der Waals surface area (Å²) in [5, 5.41) is 9.18. The molecule has 7 nitrogen and oxygen atoms in total. The predicted octanol–water partition coefficient (Wildman–Crippen LogP) is 2.22. The number of anilines is 2. The Morgan fingerprint density at radius 3 is 2.46 bits per heavy atom. The van der Waals surface area contributed by atoms with Gasteiger partial charge in [0.2, 0.25) is 10.0 Å². The molecule has 0 unspecified atom stereocenters. The van der Waals surface area contributed by atoms with Crippen molar-refractivity contribution < 1.29 is 22.7 Å². The van der Waals surface area contributed by atoms with Crippen LogP contribution < -0.4 is 9.62 Å². The molecule has 0 saturated carbocycles. The summed E-state index contributed by atoms with van der Waals surface area (Å²) in [6.07, 6.45) is 1.03. The monoisotopic (exact) mass is 407 g/mol. The van der Waals surface area contributed by atoms with Crippen LogP contribution in [-0.2, 0) is 16.6 Å². The highest BCUT2D eigenvalue weighted by Crippen LogP contribution is 2.29. The zero-order valence-corrected chi connectivity index (χ0v) is 16.2. The molecule has 0 spiro atoms. The number of benzene rings is 2. The van der Waals surface area contributed by atoms with Crippen LogP contribution >= 0.6 is 0 Å². The summed E-state index contributed by atoms with van der Waals surface area (Å²) in [4.78, 5) is 15.4. The van der Waals surface area contributed by atoms with Crippen LogP contribution in [0.5, 0.6) is 0 Å². The number of hydrogen-bond acceptors (Lipinski definition) is 5. The van der Waals surface area contributed by atoms with Crippen LogP contribution in [0.3, 0.4) is 0 Å². The minimum Gasteiger partial charge on any atom is -0.478 e. The number of hydrogen-bond donors (Lipinski definition) is 2. The second kappa shape index (κ2) is 8.15. The van der Waals surface area contributed by atoms with E-state index in [9.17, 15) is 22.7 Å². The number of carbonyl (C=O) groups is 1. The quantitative estimate of drug-likeness (QED) is 0.763. The average Bonchev–Trinajstić information content (AvgIpc) is 2.61. The van der Waals surface area contributed by atoms with Gasteiger partial charge in [-0.15, -0.1) is 0 Å². The van der Waals surface area contributed by atoms with Crippen molar-refractivity contribution in [2.75, 3.05) is 42.1 Å². The third kappa shape index (κ3) is 5.20. The molecular formula is C19H22FN3O4S. The fourth-order valence-corrected chi connectivity index (χ4v) is 3.83. The molecule has 0 amide bonds. The van der Waals surface area contributed by atoms with Gasteiger partial charge in [0.1, 0.15) is 5.82 Å². The van der Waals surface area contributed by atoms with Gasteiger partial charge in [0.25, 0.3) is 0 Å². The van der Waals surface area contributed by atoms with Crippen molar-refractivity contribution in [1.29, 1.82) is 0 Å². The van der Waals surface area contributed by atoms with Gasteiger partial charge in [0.05, 0.1) is 23.2 Å². The van der Waals surface area contributed by atoms with E-state index in [1.54, 1.807) is 12.1 Å². The van der Waals surface area contributed by atoms with Crippen LogP contribution in [0.2, 0.25) is 0 Å². The van der Waals surface area contributed by atoms with E-state index < -0.39 is 16.0 Å². The molecular weight excluding hydrogens is 385 g/mol. The normalized spacial score (nSPS) is 15.4. The van der Waals surface area contributed by atoms with Crippen molar-refractivity contribution in [2.24, 2.45) is 0 Å². The summed E-state index contributed by atoms with van der Waals surface area (Å²) >= 11 is 0. The standard InChI is InChI=1S/C19H22FN3O4S/c1-28(26,27)21-17-12-15(19(24)25)5-6-18(17)23-9-7-22(8-10-23)13-14-3-2-4-16(20)11-14/h2-6,11-12,21H,7-10,13H2,1H3,(H,24,25). The van der Waals surface area contributed by atoms with Crippen LogP contribution in [0.15, 0.2) is 42.5 Å². The van der Waals surface area contributed by atoms with E-state index in [1.807, 2.05) is 11.0 Å². The summed E-state index contributed by atoms with van der Waals surface area (Å²) in [5.74, 6) is -1.38. The average molecular weight is 407 g/mol. The number of carboxylic acid groups (broad SMARTS) is 1. The Bertz CT molecular complexity index is 973. The number of nitrogens with zero attached hydrogens (tertiary/aromatic N) is 2. The highest BCUT2D eigenvalue weighted by atomic mass is 32.2. The first kappa shape index (κ1) is 20.1. The molecule has 1 heterocycles. The molecule has 1 saturated heterocycles. The molecule has 1 aliphatic rings. The lowest BCUT2D eigenvalue weighted by Gasteiger charge is -2.37. The van der Waals surface area contributed by atoms with Gasteiger partial charge in [-0.25, -0.2) is 17.6 Å². The summed E-state index contributed by atoms with van der Waals surface area (Å²) in [7, 11) is -3.55. The first-order chi connectivity index (χ1) is 13.2. The lowest BCUT2D eigenvalue weighted by molar-refractivity contribution is 0.0697. The zero-order valence-electron chi connectivity index (χ0n) is 15.4. The number of rotatable bonds is 6. The Hall–Kier alpha value is -2.65. The first-order valence-corrected chi connectivity index (χ1v) is 10.7. The maximum atomic E-state index is 13.3. The van der Waals surface area contributed by atoms with E-state index in [0.29, 0.717) is 25.3 Å². The van der Waals surface area contributed by atoms with Crippen LogP contribution in [0.1, 0.15) is 15.9 Å². The smallest absolute Gasteiger partial charge is 0.335 e. The molecule has 0 aromatic heterocycles. The Morgan fingerprint density at radius 1 is 1.14 bits per heavy atom. The molecule has 1 fully saturated rings. The lowest BCUT2D eigenvalue weighted by atomic mass is 10.1. The number of sulfonamides is 1. The highest BCUT2D eigenvalue weighted by molar-refractivity contribution is 7.92. The molecule has 2 aromatic carbocycles. The molecule has 0 bridgehead atoms. The fourth-order valence-electron chi connectivity index (χ4n) is 3.27. The topological polar surface area (TPSA) is 89.9 Å². The van der Waals surface area contributed by atoms with E-state index in [4.69, 9.17) is 0 Å². The van der Waals surface area contributed by atoms with Gasteiger partial charge >= 0.3 is 5.97 Å². The maximum Gasteiger partial charge on any atom is 0.335 e. The number of piperazine rings is 1. The molecule has 0 atom stereocenters. The largest absolute Gasteiger partial charge is 0.478 e. The number of carboxylic acids is 1. The van der Waals surface area contributed by atoms with Gasteiger partial charge in [0, 0.05) is 32.7 Å². The molecule has 3 rings (SSSR count). The predicted molar refractivity (Wildman–Crippen MR) is 106 cm³/mol. The minimum atomic E-state index is -3.55. The Balaban J connectivity index is 1.73. The fraction of sp³-hybridized carbons (Fsp3) is 0.316. The van der Waals surface area contributed by atoms with Gasteiger partial charge < -0.3 is 10.0 Å². The second-order valence-corrected chi connectivity index (χ2v) is 8.55. The molecule has 150 valence electrons. The van der Waals surface area contributed by atoms with Crippen molar-refractivity contribution in [3.63, 3.8) is 0 Å². The molecule has 28 heavy (non-hydrogen) atoms. The van der Waals surface area contributed by atoms with E-state index in [-0.39, 0.29) is 17.1 Å². The van der Waals surface area contributed by atoms with E-state index >= 15 is 0 Å².